The van der Waals surface area contributed by atoms with Gasteiger partial charge in [-0.15, -0.1) is 0 Å². The molecule has 4 aliphatic rings. The van der Waals surface area contributed by atoms with Crippen LogP contribution in [-0.4, -0.2) is 44.5 Å². The Bertz CT molecular complexity index is 1760. The van der Waals surface area contributed by atoms with Crippen molar-refractivity contribution in [3.05, 3.63) is 75.5 Å². The molecular formula is C36H42FN3O7. The van der Waals surface area contributed by atoms with Gasteiger partial charge in [0.25, 0.3) is 5.56 Å². The van der Waals surface area contributed by atoms with Crippen LogP contribution < -0.4 is 25.7 Å². The number of hydrogen-bond acceptors (Lipinski definition) is 6. The third-order valence-corrected chi connectivity index (χ3v) is 9.99. The summed E-state index contributed by atoms with van der Waals surface area (Å²) in [4.78, 5) is 36.9. The minimum Gasteiger partial charge on any atom is -0.490 e. The lowest BCUT2D eigenvalue weighted by Crippen LogP contribution is -2.78. The van der Waals surface area contributed by atoms with Crippen LogP contribution in [0.1, 0.15) is 75.5 Å². The van der Waals surface area contributed by atoms with E-state index in [1.165, 1.54) is 22.8 Å². The molecular weight excluding hydrogens is 605 g/mol. The summed E-state index contributed by atoms with van der Waals surface area (Å²) in [5.74, 6) is 1.00. The first-order valence-corrected chi connectivity index (χ1v) is 16.1. The van der Waals surface area contributed by atoms with E-state index in [1.54, 1.807) is 53.1 Å². The molecule has 0 saturated heterocycles. The summed E-state index contributed by atoms with van der Waals surface area (Å²) < 4.78 is 28.5. The van der Waals surface area contributed by atoms with Crippen LogP contribution in [0.5, 0.6) is 17.2 Å². The highest BCUT2D eigenvalue weighted by Gasteiger charge is 2.72. The first kappa shape index (κ1) is 32.6. The number of aromatic nitrogens is 1. The van der Waals surface area contributed by atoms with Crippen LogP contribution in [0.2, 0.25) is 0 Å². The summed E-state index contributed by atoms with van der Waals surface area (Å²) >= 11 is 0. The van der Waals surface area contributed by atoms with Gasteiger partial charge in [-0.1, -0.05) is 6.07 Å². The molecule has 11 heteroatoms. The number of amides is 2. The summed E-state index contributed by atoms with van der Waals surface area (Å²) in [6.45, 7) is 6.93. The molecule has 0 radical (unpaired) electrons. The summed E-state index contributed by atoms with van der Waals surface area (Å²) in [5, 5.41) is 25.6. The van der Waals surface area contributed by atoms with Crippen molar-refractivity contribution in [2.24, 2.45) is 12.5 Å². The largest absolute Gasteiger partial charge is 0.490 e. The van der Waals surface area contributed by atoms with Crippen molar-refractivity contribution in [1.82, 2.24) is 15.2 Å². The van der Waals surface area contributed by atoms with Crippen molar-refractivity contribution in [2.75, 3.05) is 0 Å². The van der Waals surface area contributed by atoms with Crippen LogP contribution in [-0.2, 0) is 17.4 Å². The lowest BCUT2D eigenvalue weighted by atomic mass is 9.39. The van der Waals surface area contributed by atoms with Crippen LogP contribution in [0, 0.1) is 25.1 Å². The van der Waals surface area contributed by atoms with Gasteiger partial charge in [0.15, 0.2) is 0 Å². The summed E-state index contributed by atoms with van der Waals surface area (Å²) in [7, 11) is 1.66. The number of carbonyl (C=O) groups is 2. The Morgan fingerprint density at radius 1 is 0.979 bits per heavy atom. The lowest BCUT2D eigenvalue weighted by Gasteiger charge is -2.68. The van der Waals surface area contributed by atoms with Crippen molar-refractivity contribution in [2.45, 2.75) is 95.9 Å². The Morgan fingerprint density at radius 2 is 1.62 bits per heavy atom. The molecule has 10 nitrogen and oxygen atoms in total. The van der Waals surface area contributed by atoms with Gasteiger partial charge in [0, 0.05) is 42.0 Å². The zero-order valence-electron chi connectivity index (χ0n) is 27.4. The van der Waals surface area contributed by atoms with Gasteiger partial charge >= 0.3 is 6.09 Å². The second-order valence-electron chi connectivity index (χ2n) is 14.3. The molecule has 4 N–H and O–H groups in total. The monoisotopic (exact) mass is 647 g/mol. The number of halogens is 1. The zero-order chi connectivity index (χ0) is 33.9. The fourth-order valence-corrected chi connectivity index (χ4v) is 7.52. The molecule has 1 aromatic heterocycles. The summed E-state index contributed by atoms with van der Waals surface area (Å²) in [5.41, 5.74) is 0.803. The van der Waals surface area contributed by atoms with Crippen molar-refractivity contribution in [1.29, 1.82) is 0 Å². The molecule has 0 spiro atoms. The maximum Gasteiger partial charge on any atom is 0.405 e. The highest BCUT2D eigenvalue weighted by molar-refractivity contribution is 5.88. The molecule has 250 valence electrons. The molecule has 4 saturated carbocycles. The average Bonchev–Trinajstić information content (AvgIpc) is 2.94. The van der Waals surface area contributed by atoms with Crippen LogP contribution in [0.25, 0.3) is 11.1 Å². The molecule has 47 heavy (non-hydrogen) atoms. The van der Waals surface area contributed by atoms with Gasteiger partial charge in [0.05, 0.1) is 17.1 Å². The van der Waals surface area contributed by atoms with E-state index in [9.17, 15) is 23.9 Å². The highest BCUT2D eigenvalue weighted by atomic mass is 19.1. The normalized spacial score (nSPS) is 24.8. The zero-order valence-corrected chi connectivity index (χ0v) is 27.4. The topological polar surface area (TPSA) is 139 Å². The van der Waals surface area contributed by atoms with Gasteiger partial charge in [-0.3, -0.25) is 9.59 Å². The third-order valence-electron chi connectivity index (χ3n) is 9.99. The van der Waals surface area contributed by atoms with E-state index in [0.717, 1.165) is 0 Å². The highest BCUT2D eigenvalue weighted by Crippen LogP contribution is 2.67. The molecule has 4 fully saturated rings. The Morgan fingerprint density at radius 3 is 2.21 bits per heavy atom. The van der Waals surface area contributed by atoms with Crippen LogP contribution in [0.3, 0.4) is 0 Å². The van der Waals surface area contributed by atoms with Crippen LogP contribution >= 0.6 is 0 Å². The SMILES string of the molecule is Cc1cc(F)cc(C)c1Oc1ccc(C(C)(C)O)cc1-c1cn(C)c(=O)cc1OC1CCC(NC(=O)C23CC(NC(=O)O)(C2)C3)CC1. The smallest absolute Gasteiger partial charge is 0.405 e. The Balaban J connectivity index is 1.21. The number of aryl methyl sites for hydroxylation is 3. The molecule has 2 aromatic carbocycles. The number of carbonyl (C=O) groups excluding carboxylic acids is 1. The number of aliphatic hydroxyl groups is 1. The minimum atomic E-state index is -1.16. The maximum atomic E-state index is 14.1. The van der Waals surface area contributed by atoms with Crippen molar-refractivity contribution < 1.29 is 33.7 Å². The van der Waals surface area contributed by atoms with Gasteiger partial charge in [-0.2, -0.15) is 0 Å². The molecule has 4 aliphatic carbocycles. The first-order valence-electron chi connectivity index (χ1n) is 16.1. The Kier molecular flexibility index (Phi) is 8.10. The van der Waals surface area contributed by atoms with Crippen molar-refractivity contribution in [3.63, 3.8) is 0 Å². The van der Waals surface area contributed by atoms with E-state index in [-0.39, 0.29) is 29.4 Å². The number of carboxylic acid groups (broad SMARTS) is 1. The van der Waals surface area contributed by atoms with E-state index in [4.69, 9.17) is 14.6 Å². The van der Waals surface area contributed by atoms with Crippen molar-refractivity contribution in [3.8, 4) is 28.4 Å². The average molecular weight is 648 g/mol. The third kappa shape index (κ3) is 6.33. The number of pyridine rings is 1. The van der Waals surface area contributed by atoms with Crippen LogP contribution in [0.15, 0.2) is 47.4 Å². The molecule has 0 aliphatic heterocycles. The lowest BCUT2D eigenvalue weighted by molar-refractivity contribution is -0.179. The molecule has 2 amide bonds. The van der Waals surface area contributed by atoms with E-state index >= 15 is 0 Å². The van der Waals surface area contributed by atoms with Gasteiger partial charge < -0.3 is 34.9 Å². The van der Waals surface area contributed by atoms with Gasteiger partial charge in [-0.25, -0.2) is 9.18 Å². The standard InChI is InChI=1S/C36H42FN3O7/c1-20-12-23(37)13-21(2)31(20)47-28-11-6-22(34(3,4)45)14-26(28)27-16-40(5)30(41)15-29(27)46-25-9-7-24(8-10-25)38-32(42)35-17-36(18-35,19-35)39-33(43)44/h6,11-16,24-25,39,45H,7-10,17-19H2,1-5H3,(H,38,42)(H,43,44). The summed E-state index contributed by atoms with van der Waals surface area (Å²) in [6, 6.07) is 9.64. The molecule has 3 aromatic rings. The number of nitrogens with zero attached hydrogens (tertiary/aromatic N) is 1. The number of benzene rings is 2. The Hall–Kier alpha value is -4.38. The van der Waals surface area contributed by atoms with Crippen molar-refractivity contribution >= 4 is 12.0 Å². The van der Waals surface area contributed by atoms with Gasteiger partial charge in [-0.05, 0) is 114 Å². The number of ether oxygens (including phenoxy) is 2. The number of nitrogens with one attached hydrogen (secondary N) is 2. The predicted octanol–water partition coefficient (Wildman–Crippen LogP) is 5.82. The molecule has 0 unspecified atom stereocenters. The quantitative estimate of drug-likeness (QED) is 0.229. The van der Waals surface area contributed by atoms with E-state index in [2.05, 4.69) is 10.6 Å². The number of hydrogen-bond donors (Lipinski definition) is 4. The fraction of sp³-hybridized carbons (Fsp3) is 0.472. The van der Waals surface area contributed by atoms with Gasteiger partial charge in [0.2, 0.25) is 5.91 Å². The van der Waals surface area contributed by atoms with Crippen LogP contribution in [0.4, 0.5) is 9.18 Å². The fourth-order valence-electron chi connectivity index (χ4n) is 7.52. The van der Waals surface area contributed by atoms with E-state index in [0.29, 0.717) is 90.0 Å². The first-order chi connectivity index (χ1) is 22.1. The van der Waals surface area contributed by atoms with E-state index < -0.39 is 22.6 Å². The second kappa shape index (κ2) is 11.7. The molecule has 2 bridgehead atoms. The predicted molar refractivity (Wildman–Crippen MR) is 173 cm³/mol. The molecule has 7 rings (SSSR count). The Labute approximate surface area is 272 Å². The number of rotatable bonds is 9. The van der Waals surface area contributed by atoms with E-state index in [1.807, 2.05) is 6.07 Å². The summed E-state index contributed by atoms with van der Waals surface area (Å²) in [6.07, 6.45) is 4.82. The molecule has 1 heterocycles. The molecule has 0 atom stereocenters. The van der Waals surface area contributed by atoms with Gasteiger partial charge in [0.1, 0.15) is 23.1 Å². The second-order valence-corrected chi connectivity index (χ2v) is 14.3. The minimum absolute atomic E-state index is 0.00405. The maximum absolute atomic E-state index is 14.1.